The first-order valence-corrected chi connectivity index (χ1v) is 13.3. The zero-order valence-electron chi connectivity index (χ0n) is 21.0. The quantitative estimate of drug-likeness (QED) is 0.177. The van der Waals surface area contributed by atoms with Crippen molar-refractivity contribution in [1.29, 1.82) is 0 Å². The summed E-state index contributed by atoms with van der Waals surface area (Å²) in [6, 6.07) is 7.46. The first-order valence-electron chi connectivity index (χ1n) is 11.8. The second kappa shape index (κ2) is 11.9. The fourth-order valence-corrected chi connectivity index (χ4v) is 5.41. The van der Waals surface area contributed by atoms with Crippen LogP contribution in [0.25, 0.3) is 0 Å². The van der Waals surface area contributed by atoms with Gasteiger partial charge in [-0.1, -0.05) is 29.3 Å². The van der Waals surface area contributed by atoms with Gasteiger partial charge in [0.25, 0.3) is 5.91 Å². The summed E-state index contributed by atoms with van der Waals surface area (Å²) in [5.74, 6) is -10.3. The predicted octanol–water partition coefficient (Wildman–Crippen LogP) is 8.57. The van der Waals surface area contributed by atoms with Crippen LogP contribution in [0.5, 0.6) is 0 Å². The molecule has 4 rings (SSSR count). The number of hydrogen-bond donors (Lipinski definition) is 3. The normalized spacial score (nSPS) is 17.5. The van der Waals surface area contributed by atoms with Crippen LogP contribution in [0.15, 0.2) is 48.5 Å². The van der Waals surface area contributed by atoms with E-state index in [1.807, 2.05) is 5.32 Å². The number of anilines is 3. The number of carbonyl (C=O) groups is 3. The summed E-state index contributed by atoms with van der Waals surface area (Å²) in [6.07, 6.45) is -10.3. The molecule has 6 nitrogen and oxygen atoms in total. The SMILES string of the molecule is O=C(Nc1ccc(F)c(NC(=O)C(F)(F)F)c1F)c1cc(NC(=O)[C@H]2[C@H](c3ccc(Cl)c(C(F)(F)F)c3)C2(Cl)Cl)ccc1Cl. The van der Waals surface area contributed by atoms with Gasteiger partial charge in [-0.15, -0.1) is 23.2 Å². The highest BCUT2D eigenvalue weighted by Crippen LogP contribution is 2.65. The van der Waals surface area contributed by atoms with Gasteiger partial charge in [0.2, 0.25) is 5.91 Å². The molecule has 18 heteroatoms. The molecular formula is C26H13Cl4F8N3O3. The summed E-state index contributed by atoms with van der Waals surface area (Å²) < 4.78 is 104. The molecule has 0 aliphatic heterocycles. The summed E-state index contributed by atoms with van der Waals surface area (Å²) in [4.78, 5) is 37.0. The van der Waals surface area contributed by atoms with Gasteiger partial charge in [0.15, 0.2) is 5.82 Å². The zero-order chi connectivity index (χ0) is 32.9. The first-order chi connectivity index (χ1) is 20.2. The third-order valence-corrected chi connectivity index (χ3v) is 7.90. The molecule has 1 fully saturated rings. The monoisotopic (exact) mass is 707 g/mol. The van der Waals surface area contributed by atoms with E-state index in [0.29, 0.717) is 12.1 Å². The maximum Gasteiger partial charge on any atom is 0.471 e. The van der Waals surface area contributed by atoms with Crippen LogP contribution in [0, 0.1) is 17.6 Å². The summed E-state index contributed by atoms with van der Waals surface area (Å²) in [5, 5.41) is 4.58. The van der Waals surface area contributed by atoms with E-state index < -0.39 is 85.4 Å². The van der Waals surface area contributed by atoms with E-state index in [-0.39, 0.29) is 16.3 Å². The Kier molecular flexibility index (Phi) is 9.06. The molecule has 0 heterocycles. The second-order valence-electron chi connectivity index (χ2n) is 9.24. The highest BCUT2D eigenvalue weighted by molar-refractivity contribution is 6.53. The van der Waals surface area contributed by atoms with Crippen molar-refractivity contribution in [3.05, 3.63) is 86.9 Å². The molecule has 1 saturated carbocycles. The first kappa shape index (κ1) is 33.6. The van der Waals surface area contributed by atoms with Crippen molar-refractivity contribution in [1.82, 2.24) is 0 Å². The number of carbonyl (C=O) groups excluding carboxylic acids is 3. The Balaban J connectivity index is 1.53. The molecule has 2 atom stereocenters. The fraction of sp³-hybridized carbons (Fsp3) is 0.192. The Labute approximate surface area is 261 Å². The molecule has 0 saturated heterocycles. The Morgan fingerprint density at radius 3 is 2.05 bits per heavy atom. The van der Waals surface area contributed by atoms with Crippen LogP contribution >= 0.6 is 46.4 Å². The molecule has 3 aromatic rings. The largest absolute Gasteiger partial charge is 0.471 e. The number of benzene rings is 3. The average Bonchev–Trinajstić information content (AvgIpc) is 3.49. The third kappa shape index (κ3) is 6.82. The number of amides is 3. The van der Waals surface area contributed by atoms with Gasteiger partial charge in [0.1, 0.15) is 15.8 Å². The zero-order valence-corrected chi connectivity index (χ0v) is 24.1. The van der Waals surface area contributed by atoms with Crippen molar-refractivity contribution in [3.8, 4) is 0 Å². The molecule has 3 aromatic carbocycles. The number of nitrogens with one attached hydrogen (secondary N) is 3. The van der Waals surface area contributed by atoms with Crippen LogP contribution in [0.1, 0.15) is 27.4 Å². The highest BCUT2D eigenvalue weighted by Gasteiger charge is 2.67. The lowest BCUT2D eigenvalue weighted by molar-refractivity contribution is -0.167. The second-order valence-corrected chi connectivity index (χ2v) is 11.5. The summed E-state index contributed by atoms with van der Waals surface area (Å²) in [5.41, 5.74) is -4.00. The van der Waals surface area contributed by atoms with Gasteiger partial charge in [-0.3, -0.25) is 14.4 Å². The van der Waals surface area contributed by atoms with Gasteiger partial charge < -0.3 is 16.0 Å². The van der Waals surface area contributed by atoms with Crippen LogP contribution in [0.3, 0.4) is 0 Å². The van der Waals surface area contributed by atoms with Crippen molar-refractivity contribution in [3.63, 3.8) is 0 Å². The maximum absolute atomic E-state index is 14.7. The van der Waals surface area contributed by atoms with Gasteiger partial charge in [0, 0.05) is 11.6 Å². The summed E-state index contributed by atoms with van der Waals surface area (Å²) >= 11 is 24.1. The molecule has 0 radical (unpaired) electrons. The molecule has 44 heavy (non-hydrogen) atoms. The van der Waals surface area contributed by atoms with E-state index in [4.69, 9.17) is 46.4 Å². The van der Waals surface area contributed by atoms with Crippen LogP contribution < -0.4 is 16.0 Å². The minimum atomic E-state index is -5.47. The van der Waals surface area contributed by atoms with Gasteiger partial charge in [-0.2, -0.15) is 26.3 Å². The average molecular weight is 709 g/mol. The highest BCUT2D eigenvalue weighted by atomic mass is 35.5. The van der Waals surface area contributed by atoms with Crippen LogP contribution in [0.4, 0.5) is 52.2 Å². The van der Waals surface area contributed by atoms with Gasteiger partial charge in [-0.05, 0) is 48.0 Å². The van der Waals surface area contributed by atoms with Gasteiger partial charge >= 0.3 is 18.3 Å². The Hall–Kier alpha value is -3.33. The van der Waals surface area contributed by atoms with E-state index in [0.717, 1.165) is 29.6 Å². The Bertz CT molecular complexity index is 1680. The minimum absolute atomic E-state index is 0.0184. The van der Waals surface area contributed by atoms with E-state index in [9.17, 15) is 49.5 Å². The van der Waals surface area contributed by atoms with Crippen molar-refractivity contribution >= 4 is 81.2 Å². The standard InChI is InChI=1S/C26H13Cl4F8N3O3/c27-13-4-2-10(39-22(43)18-17(24(18,29)30)9-1-3-14(28)12(7-9)25(33,34)35)8-11(13)21(42)40-16-6-5-15(31)20(19(16)32)41-23(44)26(36,37)38/h1-8,17-18H,(H,39,43)(H,40,42)(H,41,44)/t17-,18+/m0/s1. The van der Waals surface area contributed by atoms with E-state index >= 15 is 0 Å². The van der Waals surface area contributed by atoms with Crippen LogP contribution in [-0.4, -0.2) is 28.2 Å². The van der Waals surface area contributed by atoms with E-state index in [1.165, 1.54) is 12.1 Å². The summed E-state index contributed by atoms with van der Waals surface area (Å²) in [6.45, 7) is 0. The predicted molar refractivity (Wildman–Crippen MR) is 146 cm³/mol. The molecule has 234 valence electrons. The third-order valence-electron chi connectivity index (χ3n) is 6.30. The molecule has 0 spiro atoms. The number of rotatable bonds is 6. The molecule has 1 aliphatic rings. The van der Waals surface area contributed by atoms with Gasteiger partial charge in [0.05, 0.1) is 32.8 Å². The Morgan fingerprint density at radius 2 is 1.43 bits per heavy atom. The smallest absolute Gasteiger partial charge is 0.326 e. The van der Waals surface area contributed by atoms with Crippen molar-refractivity contribution in [2.45, 2.75) is 22.6 Å². The number of alkyl halides is 8. The van der Waals surface area contributed by atoms with Crippen LogP contribution in [0.2, 0.25) is 10.0 Å². The molecule has 1 aliphatic carbocycles. The molecule has 0 bridgehead atoms. The molecule has 0 unspecified atom stereocenters. The van der Waals surface area contributed by atoms with Gasteiger partial charge in [-0.25, -0.2) is 8.78 Å². The Morgan fingerprint density at radius 1 is 0.795 bits per heavy atom. The number of halogens is 12. The molecular weight excluding hydrogens is 696 g/mol. The lowest BCUT2D eigenvalue weighted by atomic mass is 10.0. The minimum Gasteiger partial charge on any atom is -0.326 e. The lowest BCUT2D eigenvalue weighted by Gasteiger charge is -2.14. The molecule has 3 amide bonds. The fourth-order valence-electron chi connectivity index (χ4n) is 4.16. The maximum atomic E-state index is 14.7. The number of hydrogen-bond acceptors (Lipinski definition) is 3. The summed E-state index contributed by atoms with van der Waals surface area (Å²) in [7, 11) is 0. The van der Waals surface area contributed by atoms with Crippen molar-refractivity contribution in [2.24, 2.45) is 5.92 Å². The topological polar surface area (TPSA) is 87.3 Å². The molecule has 0 aromatic heterocycles. The van der Waals surface area contributed by atoms with Crippen molar-refractivity contribution < 1.29 is 49.5 Å². The molecule has 3 N–H and O–H groups in total. The van der Waals surface area contributed by atoms with Crippen LogP contribution in [-0.2, 0) is 15.8 Å². The van der Waals surface area contributed by atoms with E-state index in [1.54, 1.807) is 0 Å². The lowest BCUT2D eigenvalue weighted by Crippen LogP contribution is -2.31. The van der Waals surface area contributed by atoms with E-state index in [2.05, 4.69) is 5.32 Å². The van der Waals surface area contributed by atoms with Crippen molar-refractivity contribution in [2.75, 3.05) is 16.0 Å².